The summed E-state index contributed by atoms with van der Waals surface area (Å²) in [6.07, 6.45) is 3.23. The third-order valence-corrected chi connectivity index (χ3v) is 4.25. The Labute approximate surface area is 138 Å². The van der Waals surface area contributed by atoms with Gasteiger partial charge in [0.1, 0.15) is 0 Å². The molecule has 0 bridgehead atoms. The monoisotopic (exact) mass is 335 g/mol. The van der Waals surface area contributed by atoms with Crippen LogP contribution in [0.2, 0.25) is 5.02 Å². The Balaban J connectivity index is 1.93. The summed E-state index contributed by atoms with van der Waals surface area (Å²) in [5, 5.41) is 0.670. The van der Waals surface area contributed by atoms with Crippen LogP contribution < -0.4 is 4.90 Å². The lowest BCUT2D eigenvalue weighted by atomic mass is 10.0. The van der Waals surface area contributed by atoms with Crippen LogP contribution in [0.1, 0.15) is 34.9 Å². The summed E-state index contributed by atoms with van der Waals surface area (Å²) in [7, 11) is 1.17. The fourth-order valence-corrected chi connectivity index (χ4v) is 3.10. The standard InChI is InChI=1S/C16H15ClFN3O2/c1-23-16(22)14-15(18)20-13(9-19-14)21-8-4-7-12(21)10-5-2-3-6-11(10)17/h2-3,5-6,9,12H,4,7-8H2,1H3. The number of nitrogens with zero attached hydrogens (tertiary/aromatic N) is 3. The molecule has 0 N–H and O–H groups in total. The number of esters is 1. The normalized spacial score (nSPS) is 17.3. The van der Waals surface area contributed by atoms with Crippen LogP contribution in [0, 0.1) is 5.95 Å². The van der Waals surface area contributed by atoms with Crippen LogP contribution in [0.15, 0.2) is 30.5 Å². The molecule has 0 amide bonds. The van der Waals surface area contributed by atoms with Crippen LogP contribution in [0.25, 0.3) is 0 Å². The molecule has 120 valence electrons. The molecule has 0 radical (unpaired) electrons. The van der Waals surface area contributed by atoms with E-state index in [0.717, 1.165) is 24.9 Å². The van der Waals surface area contributed by atoms with Crippen molar-refractivity contribution in [3.8, 4) is 0 Å². The van der Waals surface area contributed by atoms with Crippen molar-refractivity contribution in [3.63, 3.8) is 0 Å². The summed E-state index contributed by atoms with van der Waals surface area (Å²) in [4.78, 5) is 21.1. The average Bonchev–Trinajstić information content (AvgIpc) is 3.04. The fraction of sp³-hybridized carbons (Fsp3) is 0.312. The van der Waals surface area contributed by atoms with Crippen LogP contribution >= 0.6 is 11.6 Å². The lowest BCUT2D eigenvalue weighted by Gasteiger charge is -2.26. The number of hydrogen-bond acceptors (Lipinski definition) is 5. The SMILES string of the molecule is COC(=O)c1ncc(N2CCCC2c2ccccc2Cl)nc1F. The zero-order chi connectivity index (χ0) is 16.4. The number of hydrogen-bond donors (Lipinski definition) is 0. The lowest BCUT2D eigenvalue weighted by molar-refractivity contribution is 0.0587. The molecule has 5 nitrogen and oxygen atoms in total. The predicted octanol–water partition coefficient (Wildman–Crippen LogP) is 3.40. The Morgan fingerprint density at radius 2 is 2.22 bits per heavy atom. The molecule has 23 heavy (non-hydrogen) atoms. The second-order valence-corrected chi connectivity index (χ2v) is 5.64. The van der Waals surface area contributed by atoms with Gasteiger partial charge in [0, 0.05) is 11.6 Å². The minimum absolute atomic E-state index is 0.0152. The maximum Gasteiger partial charge on any atom is 0.361 e. The van der Waals surface area contributed by atoms with Crippen molar-refractivity contribution < 1.29 is 13.9 Å². The van der Waals surface area contributed by atoms with Crippen LogP contribution in [0.4, 0.5) is 10.2 Å². The summed E-state index contributed by atoms with van der Waals surface area (Å²) in [6, 6.07) is 7.60. The number of ether oxygens (including phenoxy) is 1. The topological polar surface area (TPSA) is 55.3 Å². The Bertz CT molecular complexity index is 741. The second kappa shape index (κ2) is 6.50. The highest BCUT2D eigenvalue weighted by Gasteiger charge is 2.29. The molecule has 0 spiro atoms. The molecule has 2 aromatic rings. The van der Waals surface area contributed by atoms with Crippen molar-refractivity contribution in [1.29, 1.82) is 0 Å². The first-order chi connectivity index (χ1) is 11.1. The maximum atomic E-state index is 14.0. The minimum Gasteiger partial charge on any atom is -0.464 e. The molecule has 1 atom stereocenters. The van der Waals surface area contributed by atoms with Crippen molar-refractivity contribution in [1.82, 2.24) is 9.97 Å². The molecular weight excluding hydrogens is 321 g/mol. The van der Waals surface area contributed by atoms with Crippen molar-refractivity contribution in [3.05, 3.63) is 52.7 Å². The van der Waals surface area contributed by atoms with E-state index < -0.39 is 17.6 Å². The highest BCUT2D eigenvalue weighted by atomic mass is 35.5. The molecule has 0 saturated carbocycles. The lowest BCUT2D eigenvalue weighted by Crippen LogP contribution is -2.25. The quantitative estimate of drug-likeness (QED) is 0.805. The molecule has 1 fully saturated rings. The second-order valence-electron chi connectivity index (χ2n) is 5.23. The van der Waals surface area contributed by atoms with Gasteiger partial charge >= 0.3 is 5.97 Å². The van der Waals surface area contributed by atoms with Gasteiger partial charge in [-0.25, -0.2) is 9.78 Å². The van der Waals surface area contributed by atoms with Gasteiger partial charge in [0.25, 0.3) is 0 Å². The summed E-state index contributed by atoms with van der Waals surface area (Å²) >= 11 is 6.28. The van der Waals surface area contributed by atoms with Crippen LogP contribution in [-0.4, -0.2) is 29.6 Å². The number of benzene rings is 1. The van der Waals surface area contributed by atoms with Gasteiger partial charge in [-0.05, 0) is 24.5 Å². The van der Waals surface area contributed by atoms with E-state index >= 15 is 0 Å². The molecule has 1 aliphatic heterocycles. The van der Waals surface area contributed by atoms with Gasteiger partial charge in [0.05, 0.1) is 19.3 Å². The first kappa shape index (κ1) is 15.7. The maximum absolute atomic E-state index is 14.0. The molecule has 7 heteroatoms. The van der Waals surface area contributed by atoms with E-state index in [1.54, 1.807) is 0 Å². The van der Waals surface area contributed by atoms with E-state index in [0.29, 0.717) is 10.8 Å². The number of aromatic nitrogens is 2. The Morgan fingerprint density at radius 3 is 2.91 bits per heavy atom. The number of anilines is 1. The Morgan fingerprint density at radius 1 is 1.43 bits per heavy atom. The van der Waals surface area contributed by atoms with Crippen LogP contribution in [0.5, 0.6) is 0 Å². The van der Waals surface area contributed by atoms with Crippen molar-refractivity contribution in [2.24, 2.45) is 0 Å². The van der Waals surface area contributed by atoms with E-state index in [2.05, 4.69) is 14.7 Å². The van der Waals surface area contributed by atoms with Gasteiger partial charge in [-0.1, -0.05) is 29.8 Å². The zero-order valence-electron chi connectivity index (χ0n) is 12.5. The first-order valence-corrected chi connectivity index (χ1v) is 7.61. The van der Waals surface area contributed by atoms with Crippen LogP contribution in [-0.2, 0) is 4.74 Å². The summed E-state index contributed by atoms with van der Waals surface area (Å²) in [6.45, 7) is 0.724. The van der Waals surface area contributed by atoms with Crippen molar-refractivity contribution in [2.75, 3.05) is 18.6 Å². The highest BCUT2D eigenvalue weighted by Crippen LogP contribution is 2.37. The van der Waals surface area contributed by atoms with E-state index in [1.807, 2.05) is 29.2 Å². The van der Waals surface area contributed by atoms with Crippen molar-refractivity contribution in [2.45, 2.75) is 18.9 Å². The Hall–Kier alpha value is -2.21. The molecule has 1 unspecified atom stereocenters. The molecule has 1 aromatic heterocycles. The molecule has 1 aliphatic rings. The number of halogens is 2. The first-order valence-electron chi connectivity index (χ1n) is 7.23. The molecule has 0 aliphatic carbocycles. The van der Waals surface area contributed by atoms with E-state index in [-0.39, 0.29) is 6.04 Å². The van der Waals surface area contributed by atoms with Gasteiger partial charge < -0.3 is 9.64 Å². The molecule has 1 aromatic carbocycles. The number of rotatable bonds is 3. The van der Waals surface area contributed by atoms with E-state index in [1.165, 1.54) is 13.3 Å². The highest BCUT2D eigenvalue weighted by molar-refractivity contribution is 6.31. The van der Waals surface area contributed by atoms with Gasteiger partial charge in [0.15, 0.2) is 5.82 Å². The van der Waals surface area contributed by atoms with E-state index in [9.17, 15) is 9.18 Å². The summed E-state index contributed by atoms with van der Waals surface area (Å²) in [5.74, 6) is -1.39. The summed E-state index contributed by atoms with van der Waals surface area (Å²) in [5.41, 5.74) is 0.565. The molecule has 3 rings (SSSR count). The third-order valence-electron chi connectivity index (χ3n) is 3.91. The average molecular weight is 336 g/mol. The zero-order valence-corrected chi connectivity index (χ0v) is 13.3. The van der Waals surface area contributed by atoms with Crippen molar-refractivity contribution >= 4 is 23.4 Å². The number of carbonyl (C=O) groups excluding carboxylic acids is 1. The third kappa shape index (κ3) is 2.99. The van der Waals surface area contributed by atoms with Crippen LogP contribution in [0.3, 0.4) is 0 Å². The number of methoxy groups -OCH3 is 1. The van der Waals surface area contributed by atoms with Gasteiger partial charge in [0.2, 0.25) is 11.6 Å². The largest absolute Gasteiger partial charge is 0.464 e. The number of carbonyl (C=O) groups is 1. The Kier molecular flexibility index (Phi) is 4.43. The van der Waals surface area contributed by atoms with Gasteiger partial charge in [-0.2, -0.15) is 9.37 Å². The summed E-state index contributed by atoms with van der Waals surface area (Å²) < 4.78 is 18.5. The van der Waals surface area contributed by atoms with E-state index in [4.69, 9.17) is 11.6 Å². The molecular formula is C16H15ClFN3O2. The molecule has 1 saturated heterocycles. The predicted molar refractivity (Wildman–Crippen MR) is 84.1 cm³/mol. The van der Waals surface area contributed by atoms with Gasteiger partial charge in [-0.3, -0.25) is 0 Å². The minimum atomic E-state index is -0.931. The smallest absolute Gasteiger partial charge is 0.361 e. The fourth-order valence-electron chi connectivity index (χ4n) is 2.84. The molecule has 2 heterocycles. The van der Waals surface area contributed by atoms with Gasteiger partial charge in [-0.15, -0.1) is 0 Å².